The predicted octanol–water partition coefficient (Wildman–Crippen LogP) is 4.56. The lowest BCUT2D eigenvalue weighted by molar-refractivity contribution is -0.384. The standard InChI is InChI=1S/C19H21N3O3S/c1-26-16-8-5-14(6-9-16)20-19(23)17-13-15(22(24)25)7-10-18(17)21-11-3-2-4-12-21/h5-10,13H,2-4,11-12H2,1H3,(H,20,23). The fourth-order valence-corrected chi connectivity index (χ4v) is 3.51. The largest absolute Gasteiger partial charge is 0.371 e. The quantitative estimate of drug-likeness (QED) is 0.474. The van der Waals surface area contributed by atoms with E-state index in [2.05, 4.69) is 10.2 Å². The molecule has 136 valence electrons. The number of rotatable bonds is 5. The monoisotopic (exact) mass is 371 g/mol. The van der Waals surface area contributed by atoms with E-state index in [1.54, 1.807) is 17.8 Å². The molecule has 26 heavy (non-hydrogen) atoms. The van der Waals surface area contributed by atoms with Crippen molar-refractivity contribution in [2.75, 3.05) is 29.6 Å². The number of nitrogens with zero attached hydrogens (tertiary/aromatic N) is 2. The summed E-state index contributed by atoms with van der Waals surface area (Å²) in [4.78, 5) is 26.8. The van der Waals surface area contributed by atoms with Crippen molar-refractivity contribution in [2.45, 2.75) is 24.2 Å². The van der Waals surface area contributed by atoms with Crippen LogP contribution in [-0.4, -0.2) is 30.2 Å². The molecule has 1 fully saturated rings. The summed E-state index contributed by atoms with van der Waals surface area (Å²) >= 11 is 1.62. The zero-order valence-electron chi connectivity index (χ0n) is 14.6. The van der Waals surface area contributed by atoms with Crippen LogP contribution in [0.3, 0.4) is 0 Å². The highest BCUT2D eigenvalue weighted by atomic mass is 32.2. The maximum atomic E-state index is 12.8. The molecule has 3 rings (SSSR count). The molecule has 0 bridgehead atoms. The van der Waals surface area contributed by atoms with Crippen molar-refractivity contribution in [3.8, 4) is 0 Å². The van der Waals surface area contributed by atoms with Crippen LogP contribution in [0.25, 0.3) is 0 Å². The van der Waals surface area contributed by atoms with Gasteiger partial charge in [0.05, 0.1) is 16.2 Å². The van der Waals surface area contributed by atoms with Gasteiger partial charge in [0, 0.05) is 35.8 Å². The molecule has 1 heterocycles. The summed E-state index contributed by atoms with van der Waals surface area (Å²) in [6.45, 7) is 1.72. The Morgan fingerprint density at radius 2 is 1.81 bits per heavy atom. The zero-order valence-corrected chi connectivity index (χ0v) is 15.4. The first kappa shape index (κ1) is 18.3. The van der Waals surface area contributed by atoms with Gasteiger partial charge in [-0.15, -0.1) is 11.8 Å². The molecule has 2 aromatic carbocycles. The Bertz CT molecular complexity index is 802. The number of amides is 1. The van der Waals surface area contributed by atoms with Crippen molar-refractivity contribution in [1.82, 2.24) is 0 Å². The van der Waals surface area contributed by atoms with Crippen LogP contribution in [0.2, 0.25) is 0 Å². The molecule has 0 unspecified atom stereocenters. The fourth-order valence-electron chi connectivity index (χ4n) is 3.10. The first-order chi connectivity index (χ1) is 12.6. The molecule has 6 nitrogen and oxygen atoms in total. The van der Waals surface area contributed by atoms with Crippen LogP contribution in [0.1, 0.15) is 29.6 Å². The number of thioether (sulfide) groups is 1. The number of carbonyl (C=O) groups is 1. The van der Waals surface area contributed by atoms with Gasteiger partial charge in [-0.05, 0) is 55.9 Å². The van der Waals surface area contributed by atoms with Gasteiger partial charge in [-0.2, -0.15) is 0 Å². The van der Waals surface area contributed by atoms with Crippen LogP contribution in [0.4, 0.5) is 17.1 Å². The van der Waals surface area contributed by atoms with Gasteiger partial charge in [0.2, 0.25) is 0 Å². The molecule has 1 amide bonds. The maximum Gasteiger partial charge on any atom is 0.270 e. The molecule has 7 heteroatoms. The number of benzene rings is 2. The highest BCUT2D eigenvalue weighted by molar-refractivity contribution is 7.98. The number of hydrogen-bond acceptors (Lipinski definition) is 5. The minimum atomic E-state index is -0.468. The molecule has 1 N–H and O–H groups in total. The second-order valence-corrected chi connectivity index (χ2v) is 7.07. The number of nitrogens with one attached hydrogen (secondary N) is 1. The van der Waals surface area contributed by atoms with Crippen LogP contribution in [0, 0.1) is 10.1 Å². The maximum absolute atomic E-state index is 12.8. The van der Waals surface area contributed by atoms with Crippen molar-refractivity contribution < 1.29 is 9.72 Å². The Hall–Kier alpha value is -2.54. The molecule has 2 aromatic rings. The van der Waals surface area contributed by atoms with Crippen molar-refractivity contribution in [2.24, 2.45) is 0 Å². The number of carbonyl (C=O) groups excluding carboxylic acids is 1. The number of hydrogen-bond donors (Lipinski definition) is 1. The van der Waals surface area contributed by atoms with Gasteiger partial charge < -0.3 is 10.2 Å². The normalized spacial score (nSPS) is 14.1. The number of nitro groups is 1. The summed E-state index contributed by atoms with van der Waals surface area (Å²) in [5.74, 6) is -0.328. The molecule has 1 aliphatic rings. The number of piperidine rings is 1. The summed E-state index contributed by atoms with van der Waals surface area (Å²) in [5.41, 5.74) is 1.70. The number of anilines is 2. The lowest BCUT2D eigenvalue weighted by Crippen LogP contribution is -2.31. The minimum absolute atomic E-state index is 0.0753. The highest BCUT2D eigenvalue weighted by Gasteiger charge is 2.22. The molecule has 0 spiro atoms. The SMILES string of the molecule is CSc1ccc(NC(=O)c2cc([N+](=O)[O-])ccc2N2CCCCC2)cc1. The first-order valence-corrected chi connectivity index (χ1v) is 9.80. The summed E-state index contributed by atoms with van der Waals surface area (Å²) in [7, 11) is 0. The van der Waals surface area contributed by atoms with Crippen molar-refractivity contribution in [3.05, 3.63) is 58.1 Å². The Balaban J connectivity index is 1.90. The summed E-state index contributed by atoms with van der Waals surface area (Å²) in [5, 5.41) is 14.0. The van der Waals surface area contributed by atoms with E-state index in [1.807, 2.05) is 30.5 Å². The van der Waals surface area contributed by atoms with E-state index in [1.165, 1.54) is 18.6 Å². The van der Waals surface area contributed by atoms with E-state index in [0.717, 1.165) is 36.5 Å². The first-order valence-electron chi connectivity index (χ1n) is 8.57. The Morgan fingerprint density at radius 1 is 1.12 bits per heavy atom. The van der Waals surface area contributed by atoms with Crippen LogP contribution in [-0.2, 0) is 0 Å². The molecule has 1 saturated heterocycles. The van der Waals surface area contributed by atoms with Gasteiger partial charge in [-0.3, -0.25) is 14.9 Å². The van der Waals surface area contributed by atoms with E-state index >= 15 is 0 Å². The predicted molar refractivity (Wildman–Crippen MR) is 105 cm³/mol. The van der Waals surface area contributed by atoms with E-state index in [-0.39, 0.29) is 11.6 Å². The summed E-state index contributed by atoms with van der Waals surface area (Å²) in [6.07, 6.45) is 5.29. The Labute approximate surface area is 156 Å². The van der Waals surface area contributed by atoms with Crippen molar-refractivity contribution in [1.29, 1.82) is 0 Å². The lowest BCUT2D eigenvalue weighted by atomic mass is 10.1. The van der Waals surface area contributed by atoms with Gasteiger partial charge >= 0.3 is 0 Å². The van der Waals surface area contributed by atoms with E-state index in [9.17, 15) is 14.9 Å². The highest BCUT2D eigenvalue weighted by Crippen LogP contribution is 2.29. The molecule has 0 aromatic heterocycles. The summed E-state index contributed by atoms with van der Waals surface area (Å²) < 4.78 is 0. The fraction of sp³-hybridized carbons (Fsp3) is 0.316. The molecule has 1 aliphatic heterocycles. The Kier molecular flexibility index (Phi) is 5.78. The van der Waals surface area contributed by atoms with Gasteiger partial charge in [0.25, 0.3) is 11.6 Å². The van der Waals surface area contributed by atoms with Gasteiger partial charge in [-0.1, -0.05) is 0 Å². The Morgan fingerprint density at radius 3 is 2.42 bits per heavy atom. The van der Waals surface area contributed by atoms with E-state index in [0.29, 0.717) is 11.3 Å². The van der Waals surface area contributed by atoms with Crippen LogP contribution in [0.15, 0.2) is 47.4 Å². The third kappa shape index (κ3) is 4.16. The lowest BCUT2D eigenvalue weighted by Gasteiger charge is -2.30. The number of non-ortho nitro benzene ring substituents is 1. The second-order valence-electron chi connectivity index (χ2n) is 6.19. The third-order valence-corrected chi connectivity index (χ3v) is 5.22. The zero-order chi connectivity index (χ0) is 18.5. The summed E-state index contributed by atoms with van der Waals surface area (Å²) in [6, 6.07) is 12.1. The van der Waals surface area contributed by atoms with Crippen molar-refractivity contribution in [3.63, 3.8) is 0 Å². The van der Waals surface area contributed by atoms with Crippen LogP contribution >= 0.6 is 11.8 Å². The van der Waals surface area contributed by atoms with Gasteiger partial charge in [0.15, 0.2) is 0 Å². The average Bonchev–Trinajstić information content (AvgIpc) is 2.68. The molecular weight excluding hydrogens is 350 g/mol. The molecule has 0 aliphatic carbocycles. The average molecular weight is 371 g/mol. The number of nitro benzene ring substituents is 1. The molecule has 0 radical (unpaired) electrons. The van der Waals surface area contributed by atoms with Gasteiger partial charge in [-0.25, -0.2) is 0 Å². The topological polar surface area (TPSA) is 75.5 Å². The van der Waals surface area contributed by atoms with E-state index < -0.39 is 4.92 Å². The van der Waals surface area contributed by atoms with Crippen LogP contribution < -0.4 is 10.2 Å². The van der Waals surface area contributed by atoms with E-state index in [4.69, 9.17) is 0 Å². The molecule has 0 atom stereocenters. The third-order valence-electron chi connectivity index (χ3n) is 4.48. The minimum Gasteiger partial charge on any atom is -0.371 e. The molecule has 0 saturated carbocycles. The van der Waals surface area contributed by atoms with Crippen LogP contribution in [0.5, 0.6) is 0 Å². The van der Waals surface area contributed by atoms with Crippen molar-refractivity contribution >= 4 is 34.7 Å². The van der Waals surface area contributed by atoms with Gasteiger partial charge in [0.1, 0.15) is 0 Å². The molecular formula is C19H21N3O3S. The smallest absolute Gasteiger partial charge is 0.270 e. The second kappa shape index (κ2) is 8.23.